The number of likely N-dealkylation sites (tertiary alicyclic amines) is 1. The van der Waals surface area contributed by atoms with Gasteiger partial charge in [-0.25, -0.2) is 0 Å². The van der Waals surface area contributed by atoms with Crippen molar-refractivity contribution in [1.29, 1.82) is 0 Å². The zero-order chi connectivity index (χ0) is 11.5. The fraction of sp³-hybridized carbons (Fsp3) is 0.571. The van der Waals surface area contributed by atoms with Crippen LogP contribution in [0.15, 0.2) is 28.7 Å². The van der Waals surface area contributed by atoms with Gasteiger partial charge in [0, 0.05) is 17.1 Å². The summed E-state index contributed by atoms with van der Waals surface area (Å²) < 4.78 is 1.17. The van der Waals surface area contributed by atoms with Gasteiger partial charge in [0.1, 0.15) is 0 Å². The SMILES string of the molecule is CC(C)N1CCCC(c2ccc(Br)cc2)C1. The van der Waals surface area contributed by atoms with Crippen LogP contribution >= 0.6 is 15.9 Å². The predicted molar refractivity (Wildman–Crippen MR) is 72.8 cm³/mol. The van der Waals surface area contributed by atoms with Crippen LogP contribution in [-0.2, 0) is 0 Å². The van der Waals surface area contributed by atoms with Crippen molar-refractivity contribution in [3.63, 3.8) is 0 Å². The van der Waals surface area contributed by atoms with E-state index < -0.39 is 0 Å². The second-order valence-corrected chi connectivity index (χ2v) is 5.90. The van der Waals surface area contributed by atoms with Crippen LogP contribution in [0.25, 0.3) is 0 Å². The number of halogens is 1. The van der Waals surface area contributed by atoms with Crippen molar-refractivity contribution in [3.8, 4) is 0 Å². The molecule has 0 aromatic heterocycles. The molecule has 1 saturated heterocycles. The zero-order valence-corrected chi connectivity index (χ0v) is 11.7. The highest BCUT2D eigenvalue weighted by molar-refractivity contribution is 9.10. The lowest BCUT2D eigenvalue weighted by molar-refractivity contribution is 0.167. The highest BCUT2D eigenvalue weighted by atomic mass is 79.9. The molecule has 1 unspecified atom stereocenters. The third-order valence-electron chi connectivity index (χ3n) is 3.52. The molecule has 0 amide bonds. The van der Waals surface area contributed by atoms with Crippen molar-refractivity contribution < 1.29 is 0 Å². The molecule has 88 valence electrons. The van der Waals surface area contributed by atoms with Crippen molar-refractivity contribution in [2.75, 3.05) is 13.1 Å². The van der Waals surface area contributed by atoms with E-state index in [-0.39, 0.29) is 0 Å². The largest absolute Gasteiger partial charge is 0.300 e. The molecule has 0 spiro atoms. The maximum absolute atomic E-state index is 3.49. The standard InChI is InChI=1S/C14H20BrN/c1-11(2)16-9-3-4-13(10-16)12-5-7-14(15)8-6-12/h5-8,11,13H,3-4,9-10H2,1-2H3. The molecule has 1 aliphatic heterocycles. The molecule has 2 rings (SSSR count). The smallest absolute Gasteiger partial charge is 0.0175 e. The minimum Gasteiger partial charge on any atom is -0.300 e. The third kappa shape index (κ3) is 2.86. The summed E-state index contributed by atoms with van der Waals surface area (Å²) in [5.74, 6) is 0.726. The molecule has 1 aromatic rings. The van der Waals surface area contributed by atoms with E-state index in [1.807, 2.05) is 0 Å². The van der Waals surface area contributed by atoms with Crippen LogP contribution in [0.1, 0.15) is 38.2 Å². The Morgan fingerprint density at radius 1 is 1.25 bits per heavy atom. The third-order valence-corrected chi connectivity index (χ3v) is 4.05. The van der Waals surface area contributed by atoms with Crippen LogP contribution < -0.4 is 0 Å². The molecule has 1 aliphatic rings. The highest BCUT2D eigenvalue weighted by Gasteiger charge is 2.22. The predicted octanol–water partition coefficient (Wildman–Crippen LogP) is 4.04. The molecule has 0 bridgehead atoms. The normalized spacial score (nSPS) is 22.6. The molecule has 1 heterocycles. The lowest BCUT2D eigenvalue weighted by Gasteiger charge is -2.35. The summed E-state index contributed by atoms with van der Waals surface area (Å²) in [4.78, 5) is 2.59. The van der Waals surface area contributed by atoms with Crippen LogP contribution in [0.4, 0.5) is 0 Å². The molecule has 0 radical (unpaired) electrons. The summed E-state index contributed by atoms with van der Waals surface area (Å²) >= 11 is 3.49. The number of hydrogen-bond donors (Lipinski definition) is 0. The molecule has 0 saturated carbocycles. The van der Waals surface area contributed by atoms with Gasteiger partial charge < -0.3 is 4.90 Å². The van der Waals surface area contributed by atoms with Gasteiger partial charge in [0.2, 0.25) is 0 Å². The van der Waals surface area contributed by atoms with E-state index in [2.05, 4.69) is 58.9 Å². The Kier molecular flexibility index (Phi) is 4.04. The summed E-state index contributed by atoms with van der Waals surface area (Å²) in [5, 5.41) is 0. The fourth-order valence-electron chi connectivity index (χ4n) is 2.48. The minimum atomic E-state index is 0.679. The van der Waals surface area contributed by atoms with Gasteiger partial charge in [-0.3, -0.25) is 0 Å². The van der Waals surface area contributed by atoms with E-state index >= 15 is 0 Å². The lowest BCUT2D eigenvalue weighted by Crippen LogP contribution is -2.39. The van der Waals surface area contributed by atoms with Crippen molar-refractivity contribution in [1.82, 2.24) is 4.90 Å². The molecule has 0 aliphatic carbocycles. The van der Waals surface area contributed by atoms with Gasteiger partial charge in [-0.15, -0.1) is 0 Å². The Morgan fingerprint density at radius 3 is 2.56 bits per heavy atom. The van der Waals surface area contributed by atoms with E-state index in [0.29, 0.717) is 6.04 Å². The van der Waals surface area contributed by atoms with E-state index in [1.165, 1.54) is 36.0 Å². The fourth-order valence-corrected chi connectivity index (χ4v) is 2.75. The number of piperidine rings is 1. The van der Waals surface area contributed by atoms with Gasteiger partial charge in [-0.2, -0.15) is 0 Å². The van der Waals surface area contributed by atoms with Gasteiger partial charge >= 0.3 is 0 Å². The molecule has 1 aromatic carbocycles. The van der Waals surface area contributed by atoms with Gasteiger partial charge in [0.25, 0.3) is 0 Å². The maximum Gasteiger partial charge on any atom is 0.0175 e. The Morgan fingerprint density at radius 2 is 1.94 bits per heavy atom. The molecular weight excluding hydrogens is 262 g/mol. The van der Waals surface area contributed by atoms with Gasteiger partial charge in [-0.1, -0.05) is 28.1 Å². The number of rotatable bonds is 2. The molecule has 16 heavy (non-hydrogen) atoms. The van der Waals surface area contributed by atoms with Gasteiger partial charge in [0.05, 0.1) is 0 Å². The summed E-state index contributed by atoms with van der Waals surface area (Å²) in [5.41, 5.74) is 1.49. The second kappa shape index (κ2) is 5.33. The van der Waals surface area contributed by atoms with Gasteiger partial charge in [0.15, 0.2) is 0 Å². The van der Waals surface area contributed by atoms with Crippen LogP contribution in [-0.4, -0.2) is 24.0 Å². The van der Waals surface area contributed by atoms with E-state index in [4.69, 9.17) is 0 Å². The Hall–Kier alpha value is -0.340. The molecule has 1 fully saturated rings. The average Bonchev–Trinajstić information content (AvgIpc) is 2.30. The Labute approximate surface area is 107 Å². The average molecular weight is 282 g/mol. The first kappa shape index (κ1) is 12.1. The number of hydrogen-bond acceptors (Lipinski definition) is 1. The summed E-state index contributed by atoms with van der Waals surface area (Å²) in [6.45, 7) is 7.08. The van der Waals surface area contributed by atoms with E-state index in [1.54, 1.807) is 0 Å². The van der Waals surface area contributed by atoms with E-state index in [0.717, 1.165) is 5.92 Å². The first-order valence-electron chi connectivity index (χ1n) is 6.16. The van der Waals surface area contributed by atoms with Crippen LogP contribution in [0, 0.1) is 0 Å². The molecule has 1 nitrogen and oxygen atoms in total. The summed E-state index contributed by atoms with van der Waals surface area (Å²) in [6.07, 6.45) is 2.67. The Bertz CT molecular complexity index is 331. The zero-order valence-electron chi connectivity index (χ0n) is 10.1. The van der Waals surface area contributed by atoms with Gasteiger partial charge in [-0.05, 0) is 56.8 Å². The Balaban J connectivity index is 2.06. The van der Waals surface area contributed by atoms with Crippen molar-refractivity contribution >= 4 is 15.9 Å². The highest BCUT2D eigenvalue weighted by Crippen LogP contribution is 2.28. The molecule has 1 atom stereocenters. The van der Waals surface area contributed by atoms with Crippen LogP contribution in [0.5, 0.6) is 0 Å². The summed E-state index contributed by atoms with van der Waals surface area (Å²) in [6, 6.07) is 9.52. The molecule has 0 N–H and O–H groups in total. The number of nitrogens with zero attached hydrogens (tertiary/aromatic N) is 1. The van der Waals surface area contributed by atoms with Crippen molar-refractivity contribution in [3.05, 3.63) is 34.3 Å². The molecule has 2 heteroatoms. The van der Waals surface area contributed by atoms with Crippen molar-refractivity contribution in [2.24, 2.45) is 0 Å². The maximum atomic E-state index is 3.49. The molecular formula is C14H20BrN. The minimum absolute atomic E-state index is 0.679. The first-order chi connectivity index (χ1) is 7.66. The monoisotopic (exact) mass is 281 g/mol. The first-order valence-corrected chi connectivity index (χ1v) is 6.95. The topological polar surface area (TPSA) is 3.24 Å². The van der Waals surface area contributed by atoms with E-state index in [9.17, 15) is 0 Å². The van der Waals surface area contributed by atoms with Crippen LogP contribution in [0.3, 0.4) is 0 Å². The quantitative estimate of drug-likeness (QED) is 0.791. The summed E-state index contributed by atoms with van der Waals surface area (Å²) in [7, 11) is 0. The lowest BCUT2D eigenvalue weighted by atomic mass is 9.90. The van der Waals surface area contributed by atoms with Crippen molar-refractivity contribution in [2.45, 2.75) is 38.6 Å². The second-order valence-electron chi connectivity index (χ2n) is 4.98. The number of benzene rings is 1. The van der Waals surface area contributed by atoms with Crippen LogP contribution in [0.2, 0.25) is 0 Å².